The fourth-order valence-corrected chi connectivity index (χ4v) is 1.43. The molecule has 1 aliphatic heterocycles. The van der Waals surface area contributed by atoms with Crippen molar-refractivity contribution in [3.63, 3.8) is 0 Å². The predicted molar refractivity (Wildman–Crippen MR) is 57.8 cm³/mol. The van der Waals surface area contributed by atoms with Crippen LogP contribution in [0.1, 0.15) is 4.79 Å². The predicted octanol–water partition coefficient (Wildman–Crippen LogP) is -1.76. The lowest BCUT2D eigenvalue weighted by Gasteiger charge is -2.12. The molecule has 0 aromatic carbocycles. The number of aromatic nitrogens is 2. The topological polar surface area (TPSA) is 109 Å². The Bertz CT molecular complexity index is 711. The lowest BCUT2D eigenvalue weighted by atomic mass is 10.4. The molecule has 0 fully saturated rings. The van der Waals surface area contributed by atoms with Gasteiger partial charge in [0.2, 0.25) is 5.82 Å². The van der Waals surface area contributed by atoms with Crippen molar-refractivity contribution in [3.8, 4) is 0 Å². The van der Waals surface area contributed by atoms with E-state index >= 15 is 0 Å². The van der Waals surface area contributed by atoms with Crippen LogP contribution in [0.4, 0.5) is 4.39 Å². The lowest BCUT2D eigenvalue weighted by Crippen LogP contribution is -2.42. The Labute approximate surface area is 103 Å². The van der Waals surface area contributed by atoms with Gasteiger partial charge in [0.15, 0.2) is 0 Å². The largest absolute Gasteiger partial charge is 0.335 e. The highest BCUT2D eigenvalue weighted by Crippen LogP contribution is 2.03. The quantitative estimate of drug-likeness (QED) is 0.638. The van der Waals surface area contributed by atoms with Crippen LogP contribution in [0, 0.1) is 5.82 Å². The van der Waals surface area contributed by atoms with Gasteiger partial charge in [0.05, 0.1) is 6.20 Å². The Morgan fingerprint density at radius 3 is 2.32 bits per heavy atom. The van der Waals surface area contributed by atoms with Gasteiger partial charge in [-0.15, -0.1) is 0 Å². The summed E-state index contributed by atoms with van der Waals surface area (Å²) in [5, 5.41) is 0. The van der Waals surface area contributed by atoms with Crippen LogP contribution in [0.5, 0.6) is 0 Å². The van der Waals surface area contributed by atoms with Crippen molar-refractivity contribution in [1.82, 2.24) is 14.5 Å². The molecule has 2 rings (SSSR count). The van der Waals surface area contributed by atoms with Gasteiger partial charge in [0.1, 0.15) is 6.54 Å². The maximum absolute atomic E-state index is 13.0. The first kappa shape index (κ1) is 12.6. The van der Waals surface area contributed by atoms with E-state index in [1.54, 1.807) is 4.98 Å². The summed E-state index contributed by atoms with van der Waals surface area (Å²) in [4.78, 5) is 58.3. The van der Waals surface area contributed by atoms with Crippen molar-refractivity contribution in [3.05, 3.63) is 45.0 Å². The van der Waals surface area contributed by atoms with Gasteiger partial charge in [0.25, 0.3) is 23.3 Å². The summed E-state index contributed by atoms with van der Waals surface area (Å²) >= 11 is 0. The molecule has 0 bridgehead atoms. The number of carbonyl (C=O) groups excluding carboxylic acids is 3. The van der Waals surface area contributed by atoms with Crippen molar-refractivity contribution in [1.29, 1.82) is 0 Å². The van der Waals surface area contributed by atoms with E-state index in [-0.39, 0.29) is 4.57 Å². The van der Waals surface area contributed by atoms with Gasteiger partial charge in [-0.1, -0.05) is 0 Å². The molecule has 98 valence electrons. The molecule has 2 heterocycles. The van der Waals surface area contributed by atoms with Gasteiger partial charge >= 0.3 is 5.69 Å². The number of carbonyl (C=O) groups is 3. The van der Waals surface area contributed by atoms with Gasteiger partial charge in [-0.25, -0.2) is 9.36 Å². The molecule has 1 N–H and O–H groups in total. The Morgan fingerprint density at radius 1 is 1.16 bits per heavy atom. The number of amides is 2. The summed E-state index contributed by atoms with van der Waals surface area (Å²) in [6.07, 6.45) is 2.33. The van der Waals surface area contributed by atoms with Gasteiger partial charge in [0, 0.05) is 12.2 Å². The normalized spacial score (nSPS) is 14.3. The molecule has 0 unspecified atom stereocenters. The molecule has 0 radical (unpaired) electrons. The van der Waals surface area contributed by atoms with Crippen molar-refractivity contribution in [2.75, 3.05) is 6.54 Å². The van der Waals surface area contributed by atoms with Gasteiger partial charge in [-0.3, -0.25) is 29.1 Å². The average molecular weight is 267 g/mol. The van der Waals surface area contributed by atoms with Crippen LogP contribution in [-0.2, 0) is 9.59 Å². The number of halogens is 1. The van der Waals surface area contributed by atoms with Crippen LogP contribution < -0.4 is 11.2 Å². The zero-order valence-electron chi connectivity index (χ0n) is 9.25. The van der Waals surface area contributed by atoms with Gasteiger partial charge in [-0.2, -0.15) is 4.39 Å². The number of imide groups is 1. The van der Waals surface area contributed by atoms with E-state index in [0.717, 1.165) is 12.2 Å². The second-order valence-electron chi connectivity index (χ2n) is 3.60. The highest BCUT2D eigenvalue weighted by molar-refractivity contribution is 6.14. The monoisotopic (exact) mass is 267 g/mol. The maximum atomic E-state index is 13.0. The maximum Gasteiger partial charge on any atom is 0.335 e. The molecule has 1 aromatic heterocycles. The van der Waals surface area contributed by atoms with Crippen LogP contribution in [0.15, 0.2) is 27.9 Å². The average Bonchev–Trinajstić information content (AvgIpc) is 2.65. The summed E-state index contributed by atoms with van der Waals surface area (Å²) < 4.78 is 13.3. The first-order valence-corrected chi connectivity index (χ1v) is 4.98. The van der Waals surface area contributed by atoms with E-state index in [2.05, 4.69) is 0 Å². The minimum atomic E-state index is -1.33. The fourth-order valence-electron chi connectivity index (χ4n) is 1.43. The molecule has 1 aliphatic rings. The Hall–Kier alpha value is -2.84. The summed E-state index contributed by atoms with van der Waals surface area (Å²) in [5.41, 5.74) is -2.41. The molecule has 0 aliphatic carbocycles. The number of H-pyrrole nitrogens is 1. The van der Waals surface area contributed by atoms with E-state index in [9.17, 15) is 28.4 Å². The molecule has 2 amide bonds. The number of aromatic amines is 1. The van der Waals surface area contributed by atoms with Crippen LogP contribution in [0.3, 0.4) is 0 Å². The van der Waals surface area contributed by atoms with Crippen molar-refractivity contribution in [2.45, 2.75) is 0 Å². The van der Waals surface area contributed by atoms with Crippen molar-refractivity contribution < 1.29 is 18.8 Å². The lowest BCUT2D eigenvalue weighted by molar-refractivity contribution is -0.136. The first-order chi connectivity index (χ1) is 8.90. The Balaban J connectivity index is 2.29. The zero-order valence-corrected chi connectivity index (χ0v) is 9.25. The molecule has 0 spiro atoms. The third-order valence-corrected chi connectivity index (χ3v) is 2.36. The second-order valence-corrected chi connectivity index (χ2v) is 3.60. The van der Waals surface area contributed by atoms with E-state index in [4.69, 9.17) is 0 Å². The molecule has 0 atom stereocenters. The number of hydrogen-bond donors (Lipinski definition) is 1. The standard InChI is InChI=1S/C10H6FN3O5/c11-5-3-14(10(19)12-9(5)18)8(17)4-13-6(15)1-2-7(13)16/h1-3H,4H2,(H,12,18,19). The van der Waals surface area contributed by atoms with Crippen LogP contribution in [0.25, 0.3) is 0 Å². The highest BCUT2D eigenvalue weighted by atomic mass is 19.1. The number of nitrogens with one attached hydrogen (secondary N) is 1. The molecular weight excluding hydrogens is 261 g/mol. The summed E-state index contributed by atoms with van der Waals surface area (Å²) in [5.74, 6) is -3.77. The van der Waals surface area contributed by atoms with Crippen molar-refractivity contribution in [2.24, 2.45) is 0 Å². The molecule has 9 heteroatoms. The summed E-state index contributed by atoms with van der Waals surface area (Å²) in [7, 11) is 0. The van der Waals surface area contributed by atoms with E-state index < -0.39 is 41.3 Å². The summed E-state index contributed by atoms with van der Waals surface area (Å²) in [6.45, 7) is -0.726. The molecule has 8 nitrogen and oxygen atoms in total. The SMILES string of the molecule is O=C1C=CC(=O)N1CC(=O)n1cc(F)c(=O)[nH]c1=O. The van der Waals surface area contributed by atoms with Gasteiger partial charge in [-0.05, 0) is 0 Å². The molecule has 0 saturated heterocycles. The zero-order chi connectivity index (χ0) is 14.2. The highest BCUT2D eigenvalue weighted by Gasteiger charge is 2.26. The Morgan fingerprint density at radius 2 is 1.74 bits per heavy atom. The van der Waals surface area contributed by atoms with Crippen LogP contribution >= 0.6 is 0 Å². The van der Waals surface area contributed by atoms with E-state index in [1.165, 1.54) is 0 Å². The van der Waals surface area contributed by atoms with Crippen LogP contribution in [-0.4, -0.2) is 38.7 Å². The molecule has 19 heavy (non-hydrogen) atoms. The second kappa shape index (κ2) is 4.44. The minimum Gasteiger partial charge on any atom is -0.272 e. The smallest absolute Gasteiger partial charge is 0.272 e. The minimum absolute atomic E-state index is 0.287. The van der Waals surface area contributed by atoms with E-state index in [0.29, 0.717) is 11.1 Å². The van der Waals surface area contributed by atoms with Gasteiger partial charge < -0.3 is 0 Å². The summed E-state index contributed by atoms with van der Waals surface area (Å²) in [6, 6.07) is 0. The first-order valence-electron chi connectivity index (χ1n) is 4.98. The molecule has 0 saturated carbocycles. The van der Waals surface area contributed by atoms with E-state index in [1.807, 2.05) is 0 Å². The van der Waals surface area contributed by atoms with Crippen molar-refractivity contribution >= 4 is 17.7 Å². The third kappa shape index (κ3) is 2.25. The number of hydrogen-bond acceptors (Lipinski definition) is 5. The Kier molecular flexibility index (Phi) is 2.95. The number of nitrogens with zero attached hydrogens (tertiary/aromatic N) is 2. The number of rotatable bonds is 2. The van der Waals surface area contributed by atoms with Crippen LogP contribution in [0.2, 0.25) is 0 Å². The third-order valence-electron chi connectivity index (χ3n) is 2.36. The molecule has 1 aromatic rings. The fraction of sp³-hybridized carbons (Fsp3) is 0.100. The molecular formula is C10H6FN3O5.